The average molecular weight is 422 g/mol. The summed E-state index contributed by atoms with van der Waals surface area (Å²) in [6.07, 6.45) is 3.86. The third-order valence-electron chi connectivity index (χ3n) is 5.56. The molecule has 2 aromatic heterocycles. The Labute approximate surface area is 181 Å². The number of aliphatic carboxylic acids is 1. The van der Waals surface area contributed by atoms with E-state index < -0.39 is 5.97 Å². The standard InChI is InChI=1S/C23H27N5O3/c1-15(2)22-26-27-23(31-22)25-18-5-8-20(24-14-18)17-3-6-19(7-4-17)28-11-9-16(10-12-28)13-21(29)30/h3-8,14-16H,9-13H2,1-2H3,(H,25,27)(H,29,30). The lowest BCUT2D eigenvalue weighted by Gasteiger charge is -2.33. The van der Waals surface area contributed by atoms with Crippen molar-refractivity contribution in [2.45, 2.75) is 39.0 Å². The van der Waals surface area contributed by atoms with Gasteiger partial charge in [0.2, 0.25) is 5.89 Å². The predicted octanol–water partition coefficient (Wildman–Crippen LogP) is 4.69. The van der Waals surface area contributed by atoms with Crippen LogP contribution in [-0.2, 0) is 4.79 Å². The van der Waals surface area contributed by atoms with Crippen LogP contribution >= 0.6 is 0 Å². The summed E-state index contributed by atoms with van der Waals surface area (Å²) in [5.74, 6) is 0.364. The van der Waals surface area contributed by atoms with E-state index in [2.05, 4.69) is 49.7 Å². The van der Waals surface area contributed by atoms with Crippen molar-refractivity contribution < 1.29 is 14.3 Å². The van der Waals surface area contributed by atoms with Crippen molar-refractivity contribution in [3.05, 3.63) is 48.5 Å². The number of anilines is 3. The summed E-state index contributed by atoms with van der Waals surface area (Å²) in [5, 5.41) is 20.1. The molecule has 0 atom stereocenters. The second-order valence-electron chi connectivity index (χ2n) is 8.23. The summed E-state index contributed by atoms with van der Waals surface area (Å²) < 4.78 is 5.57. The van der Waals surface area contributed by atoms with Gasteiger partial charge in [0.05, 0.1) is 17.6 Å². The third-order valence-corrected chi connectivity index (χ3v) is 5.56. The molecule has 3 heterocycles. The number of aromatic nitrogens is 3. The second kappa shape index (κ2) is 9.16. The minimum absolute atomic E-state index is 0.183. The lowest BCUT2D eigenvalue weighted by atomic mass is 9.93. The Morgan fingerprint density at radius 1 is 1.16 bits per heavy atom. The highest BCUT2D eigenvalue weighted by Gasteiger charge is 2.21. The molecule has 1 saturated heterocycles. The van der Waals surface area contributed by atoms with Crippen molar-refractivity contribution in [2.75, 3.05) is 23.3 Å². The lowest BCUT2D eigenvalue weighted by Crippen LogP contribution is -2.34. The van der Waals surface area contributed by atoms with Gasteiger partial charge in [-0.25, -0.2) is 0 Å². The number of nitrogens with zero attached hydrogens (tertiary/aromatic N) is 4. The van der Waals surface area contributed by atoms with Gasteiger partial charge in [0.15, 0.2) is 0 Å². The Morgan fingerprint density at radius 3 is 2.48 bits per heavy atom. The van der Waals surface area contributed by atoms with Crippen molar-refractivity contribution in [3.8, 4) is 11.3 Å². The Bertz CT molecular complexity index is 1010. The molecule has 162 valence electrons. The van der Waals surface area contributed by atoms with E-state index in [1.807, 2.05) is 26.0 Å². The van der Waals surface area contributed by atoms with Gasteiger partial charge >= 0.3 is 12.0 Å². The third kappa shape index (κ3) is 5.20. The van der Waals surface area contributed by atoms with Crippen molar-refractivity contribution >= 4 is 23.4 Å². The van der Waals surface area contributed by atoms with E-state index in [0.29, 0.717) is 11.9 Å². The molecule has 0 saturated carbocycles. The van der Waals surface area contributed by atoms with Gasteiger partial charge in [-0.05, 0) is 43.0 Å². The highest BCUT2D eigenvalue weighted by molar-refractivity contribution is 5.67. The molecule has 4 rings (SSSR count). The number of carboxylic acid groups (broad SMARTS) is 1. The monoisotopic (exact) mass is 421 g/mol. The van der Waals surface area contributed by atoms with Gasteiger partial charge in [-0.1, -0.05) is 31.1 Å². The van der Waals surface area contributed by atoms with Crippen LogP contribution in [0, 0.1) is 5.92 Å². The molecule has 1 aliphatic rings. The largest absolute Gasteiger partial charge is 0.481 e. The van der Waals surface area contributed by atoms with Crippen LogP contribution in [0.15, 0.2) is 47.0 Å². The van der Waals surface area contributed by atoms with Gasteiger partial charge in [0.1, 0.15) is 0 Å². The summed E-state index contributed by atoms with van der Waals surface area (Å²) in [7, 11) is 0. The first-order valence-electron chi connectivity index (χ1n) is 10.6. The number of hydrogen-bond donors (Lipinski definition) is 2. The zero-order valence-electron chi connectivity index (χ0n) is 17.8. The van der Waals surface area contributed by atoms with Gasteiger partial charge < -0.3 is 19.7 Å². The zero-order valence-corrected chi connectivity index (χ0v) is 17.8. The van der Waals surface area contributed by atoms with Crippen LogP contribution in [0.25, 0.3) is 11.3 Å². The Balaban J connectivity index is 1.36. The normalized spacial score (nSPS) is 14.7. The number of rotatable bonds is 7. The van der Waals surface area contributed by atoms with Crippen molar-refractivity contribution in [1.29, 1.82) is 0 Å². The molecule has 0 radical (unpaired) electrons. The first-order valence-corrected chi connectivity index (χ1v) is 10.6. The molecule has 1 aliphatic heterocycles. The average Bonchev–Trinajstić information content (AvgIpc) is 3.24. The molecule has 8 heteroatoms. The van der Waals surface area contributed by atoms with E-state index in [-0.39, 0.29) is 18.3 Å². The van der Waals surface area contributed by atoms with Crippen LogP contribution < -0.4 is 10.2 Å². The maximum absolute atomic E-state index is 10.9. The van der Waals surface area contributed by atoms with E-state index >= 15 is 0 Å². The summed E-state index contributed by atoms with van der Waals surface area (Å²) >= 11 is 0. The van der Waals surface area contributed by atoms with Crippen LogP contribution in [0.1, 0.15) is 44.9 Å². The van der Waals surface area contributed by atoms with Crippen LogP contribution in [-0.4, -0.2) is 39.3 Å². The maximum atomic E-state index is 10.9. The number of pyridine rings is 1. The molecular formula is C23H27N5O3. The fourth-order valence-electron chi connectivity index (χ4n) is 3.77. The summed E-state index contributed by atoms with van der Waals surface area (Å²) in [6, 6.07) is 12.6. The number of piperidine rings is 1. The zero-order chi connectivity index (χ0) is 21.8. The molecule has 31 heavy (non-hydrogen) atoms. The van der Waals surface area contributed by atoms with E-state index in [4.69, 9.17) is 9.52 Å². The Kier molecular flexibility index (Phi) is 6.16. The second-order valence-corrected chi connectivity index (χ2v) is 8.23. The maximum Gasteiger partial charge on any atom is 0.320 e. The fraction of sp³-hybridized carbons (Fsp3) is 0.391. The van der Waals surface area contributed by atoms with Gasteiger partial charge in [-0.2, -0.15) is 0 Å². The van der Waals surface area contributed by atoms with E-state index in [1.54, 1.807) is 6.20 Å². The number of benzene rings is 1. The van der Waals surface area contributed by atoms with Crippen LogP contribution in [0.2, 0.25) is 0 Å². The van der Waals surface area contributed by atoms with Crippen LogP contribution in [0.5, 0.6) is 0 Å². The van der Waals surface area contributed by atoms with Crippen molar-refractivity contribution in [1.82, 2.24) is 15.2 Å². The molecule has 0 aliphatic carbocycles. The molecule has 0 bridgehead atoms. The highest BCUT2D eigenvalue weighted by atomic mass is 16.4. The minimum Gasteiger partial charge on any atom is -0.481 e. The van der Waals surface area contributed by atoms with Gasteiger partial charge in [-0.3, -0.25) is 9.78 Å². The predicted molar refractivity (Wildman–Crippen MR) is 119 cm³/mol. The molecule has 2 N–H and O–H groups in total. The molecule has 0 spiro atoms. The molecule has 8 nitrogen and oxygen atoms in total. The first-order chi connectivity index (χ1) is 15.0. The first kappa shape index (κ1) is 20.8. The summed E-state index contributed by atoms with van der Waals surface area (Å²) in [4.78, 5) is 17.8. The SMILES string of the molecule is CC(C)c1nnc(Nc2ccc(-c3ccc(N4CCC(CC(=O)O)CC4)cc3)nc2)o1. The highest BCUT2D eigenvalue weighted by Crippen LogP contribution is 2.28. The number of hydrogen-bond acceptors (Lipinski definition) is 7. The molecule has 0 unspecified atom stereocenters. The smallest absolute Gasteiger partial charge is 0.320 e. The van der Waals surface area contributed by atoms with E-state index in [9.17, 15) is 4.79 Å². The molecular weight excluding hydrogens is 394 g/mol. The molecule has 1 aromatic carbocycles. The number of nitrogens with one attached hydrogen (secondary N) is 1. The summed E-state index contributed by atoms with van der Waals surface area (Å²) in [5.41, 5.74) is 3.86. The van der Waals surface area contributed by atoms with Crippen molar-refractivity contribution in [2.24, 2.45) is 5.92 Å². The topological polar surface area (TPSA) is 104 Å². The molecule has 0 amide bonds. The van der Waals surface area contributed by atoms with Gasteiger partial charge in [0, 0.05) is 36.7 Å². The quantitative estimate of drug-likeness (QED) is 0.566. The molecule has 3 aromatic rings. The van der Waals surface area contributed by atoms with E-state index in [1.165, 1.54) is 0 Å². The number of carboxylic acids is 1. The van der Waals surface area contributed by atoms with Crippen molar-refractivity contribution in [3.63, 3.8) is 0 Å². The Morgan fingerprint density at radius 2 is 1.90 bits per heavy atom. The van der Waals surface area contributed by atoms with Gasteiger partial charge in [0.25, 0.3) is 0 Å². The molecule has 1 fully saturated rings. The lowest BCUT2D eigenvalue weighted by molar-refractivity contribution is -0.138. The van der Waals surface area contributed by atoms with Crippen LogP contribution in [0.4, 0.5) is 17.4 Å². The van der Waals surface area contributed by atoms with Gasteiger partial charge in [-0.15, -0.1) is 5.10 Å². The fourth-order valence-corrected chi connectivity index (χ4v) is 3.77. The number of carbonyl (C=O) groups is 1. The minimum atomic E-state index is -0.700. The Hall–Kier alpha value is -3.42. The van der Waals surface area contributed by atoms with E-state index in [0.717, 1.165) is 48.6 Å². The van der Waals surface area contributed by atoms with Crippen LogP contribution in [0.3, 0.4) is 0 Å². The summed E-state index contributed by atoms with van der Waals surface area (Å²) in [6.45, 7) is 5.79.